The van der Waals surface area contributed by atoms with Crippen molar-refractivity contribution in [3.63, 3.8) is 0 Å². The zero-order chi connectivity index (χ0) is 31.1. The summed E-state index contributed by atoms with van der Waals surface area (Å²) < 4.78 is 5.47. The third kappa shape index (κ3) is 8.72. The van der Waals surface area contributed by atoms with Crippen LogP contribution in [0.3, 0.4) is 0 Å². The number of ether oxygens (including phenoxy) is 1. The molecule has 0 aliphatic rings. The molecular formula is C33H32N6O5S. The number of para-hydroxylation sites is 1. The summed E-state index contributed by atoms with van der Waals surface area (Å²) in [5.74, 6) is -0.888. The summed E-state index contributed by atoms with van der Waals surface area (Å²) in [6.45, 7) is 5.23. The van der Waals surface area contributed by atoms with Gasteiger partial charge in [0.15, 0.2) is 5.13 Å². The van der Waals surface area contributed by atoms with Crippen LogP contribution in [0.25, 0.3) is 11.3 Å². The lowest BCUT2D eigenvalue weighted by atomic mass is 10.1. The fourth-order valence-corrected chi connectivity index (χ4v) is 4.76. The molecule has 0 unspecified atom stereocenters. The van der Waals surface area contributed by atoms with Crippen molar-refractivity contribution in [2.45, 2.75) is 26.4 Å². The number of thiazole rings is 1. The minimum atomic E-state index is -0.760. The third-order valence-electron chi connectivity index (χ3n) is 6.05. The second-order valence-electron chi connectivity index (χ2n) is 10.6. The molecule has 2 aromatic heterocycles. The van der Waals surface area contributed by atoms with Crippen LogP contribution in [0.1, 0.15) is 41.5 Å². The fourth-order valence-electron chi connectivity index (χ4n) is 4.02. The van der Waals surface area contributed by atoms with Crippen molar-refractivity contribution in [2.75, 3.05) is 15.6 Å². The second-order valence-corrected chi connectivity index (χ2v) is 11.5. The molecule has 0 aliphatic carbocycles. The third-order valence-corrected chi connectivity index (χ3v) is 6.80. The highest BCUT2D eigenvalue weighted by Gasteiger charge is 2.25. The van der Waals surface area contributed by atoms with Gasteiger partial charge in [-0.1, -0.05) is 24.3 Å². The summed E-state index contributed by atoms with van der Waals surface area (Å²) in [4.78, 5) is 47.7. The van der Waals surface area contributed by atoms with E-state index in [1.165, 1.54) is 23.5 Å². The van der Waals surface area contributed by atoms with E-state index in [1.54, 1.807) is 87.8 Å². The van der Waals surface area contributed by atoms with Crippen LogP contribution in [-0.2, 0) is 4.74 Å². The molecule has 5 rings (SSSR count). The molecule has 3 aromatic carbocycles. The van der Waals surface area contributed by atoms with Gasteiger partial charge in [-0.05, 0) is 87.5 Å². The van der Waals surface area contributed by atoms with Crippen molar-refractivity contribution < 1.29 is 24.6 Å². The number of amides is 3. The Morgan fingerprint density at radius 1 is 0.822 bits per heavy atom. The standard InChI is InChI=1S/C33H30N6O4S.H2O/c1-33(2,3)43-32(42)39(27-12-5-4-6-13-27)38-30(41)23-16-14-22(15-17-23)29(40)35-25-10-7-11-26(19-25)36-31-37-28(21-44-31)24-9-8-18-34-20-24;/h4-21H,1-3H3,(H,35,40)(H,36,37)(H,38,41);1H2. The van der Waals surface area contributed by atoms with Gasteiger partial charge in [-0.15, -0.1) is 11.3 Å². The Balaban J connectivity index is 0.00000461. The number of rotatable bonds is 7. The number of hydrogen-bond acceptors (Lipinski definition) is 8. The summed E-state index contributed by atoms with van der Waals surface area (Å²) in [7, 11) is 0. The van der Waals surface area contributed by atoms with Gasteiger partial charge in [-0.3, -0.25) is 20.0 Å². The van der Waals surface area contributed by atoms with Gasteiger partial charge in [0.1, 0.15) is 5.60 Å². The molecule has 0 aliphatic heterocycles. The van der Waals surface area contributed by atoms with Gasteiger partial charge in [0, 0.05) is 45.8 Å². The highest BCUT2D eigenvalue weighted by atomic mass is 32.1. The maximum Gasteiger partial charge on any atom is 0.434 e. The minimum absolute atomic E-state index is 0. The van der Waals surface area contributed by atoms with Crippen molar-refractivity contribution in [1.29, 1.82) is 0 Å². The number of hydrogen-bond donors (Lipinski definition) is 3. The molecule has 5 N–H and O–H groups in total. The predicted molar refractivity (Wildman–Crippen MR) is 176 cm³/mol. The van der Waals surface area contributed by atoms with Crippen molar-refractivity contribution in [3.05, 3.63) is 120 Å². The average Bonchev–Trinajstić information content (AvgIpc) is 3.48. The van der Waals surface area contributed by atoms with Gasteiger partial charge in [-0.25, -0.2) is 9.78 Å². The van der Waals surface area contributed by atoms with Crippen molar-refractivity contribution in [1.82, 2.24) is 15.4 Å². The number of carbonyl (C=O) groups is 3. The van der Waals surface area contributed by atoms with Gasteiger partial charge in [0.2, 0.25) is 0 Å². The number of benzene rings is 3. The van der Waals surface area contributed by atoms with Crippen LogP contribution in [0.4, 0.5) is 27.0 Å². The lowest BCUT2D eigenvalue weighted by Gasteiger charge is -2.27. The zero-order valence-electron chi connectivity index (χ0n) is 24.8. The van der Waals surface area contributed by atoms with Crippen molar-refractivity contribution in [3.8, 4) is 11.3 Å². The fraction of sp³-hybridized carbons (Fsp3) is 0.121. The van der Waals surface area contributed by atoms with E-state index in [9.17, 15) is 14.4 Å². The Labute approximate surface area is 264 Å². The molecule has 11 nitrogen and oxygen atoms in total. The smallest absolute Gasteiger partial charge is 0.434 e. The highest BCUT2D eigenvalue weighted by molar-refractivity contribution is 7.14. The van der Waals surface area contributed by atoms with E-state index in [0.29, 0.717) is 22.1 Å². The highest BCUT2D eigenvalue weighted by Crippen LogP contribution is 2.28. The van der Waals surface area contributed by atoms with Crippen molar-refractivity contribution >= 4 is 51.4 Å². The number of carbonyl (C=O) groups excluding carboxylic acids is 3. The molecule has 0 bridgehead atoms. The van der Waals surface area contributed by atoms with Gasteiger partial charge in [-0.2, -0.15) is 5.01 Å². The molecule has 2 heterocycles. The number of nitrogens with one attached hydrogen (secondary N) is 3. The number of nitrogens with zero attached hydrogens (tertiary/aromatic N) is 3. The number of aromatic nitrogens is 2. The molecule has 3 amide bonds. The minimum Gasteiger partial charge on any atom is -0.442 e. The first-order chi connectivity index (χ1) is 21.1. The van der Waals surface area contributed by atoms with Gasteiger partial charge in [0.25, 0.3) is 11.8 Å². The quantitative estimate of drug-likeness (QED) is 0.175. The lowest BCUT2D eigenvalue weighted by molar-refractivity contribution is 0.0548. The summed E-state index contributed by atoms with van der Waals surface area (Å²) in [5.41, 5.74) is 5.99. The largest absolute Gasteiger partial charge is 0.442 e. The van der Waals surface area contributed by atoms with Crippen molar-refractivity contribution in [2.24, 2.45) is 0 Å². The van der Waals surface area contributed by atoms with Crippen LogP contribution >= 0.6 is 11.3 Å². The van der Waals surface area contributed by atoms with E-state index in [1.807, 2.05) is 29.6 Å². The van der Waals surface area contributed by atoms with Crippen LogP contribution in [0.15, 0.2) is 109 Å². The Morgan fingerprint density at radius 3 is 2.18 bits per heavy atom. The van der Waals surface area contributed by atoms with Gasteiger partial charge >= 0.3 is 6.09 Å². The normalized spacial score (nSPS) is 10.6. The van der Waals surface area contributed by atoms with Crippen LogP contribution in [0.5, 0.6) is 0 Å². The first kappa shape index (κ1) is 32.3. The van der Waals surface area contributed by atoms with Crippen LogP contribution < -0.4 is 21.1 Å². The number of pyridine rings is 1. The van der Waals surface area contributed by atoms with Crippen LogP contribution in [0.2, 0.25) is 0 Å². The molecule has 5 aromatic rings. The first-order valence-electron chi connectivity index (χ1n) is 13.7. The van der Waals surface area contributed by atoms with Crippen LogP contribution in [-0.4, -0.2) is 39.0 Å². The summed E-state index contributed by atoms with van der Waals surface area (Å²) >= 11 is 1.47. The Bertz CT molecular complexity index is 1760. The maximum atomic E-state index is 13.1. The lowest BCUT2D eigenvalue weighted by Crippen LogP contribution is -2.48. The number of hydrazine groups is 1. The van der Waals surface area contributed by atoms with E-state index in [-0.39, 0.29) is 16.9 Å². The SMILES string of the molecule is CC(C)(C)OC(=O)N(NC(=O)c1ccc(C(=O)Nc2cccc(Nc3nc(-c4cccnc4)cs3)c2)cc1)c1ccccc1.O. The molecule has 0 atom stereocenters. The second kappa shape index (κ2) is 14.3. The van der Waals surface area contributed by atoms with E-state index >= 15 is 0 Å². The summed E-state index contributed by atoms with van der Waals surface area (Å²) in [6.07, 6.45) is 2.75. The van der Waals surface area contributed by atoms with E-state index < -0.39 is 17.6 Å². The monoisotopic (exact) mass is 624 g/mol. The molecular weight excluding hydrogens is 592 g/mol. The van der Waals surface area contributed by atoms with Crippen LogP contribution in [0, 0.1) is 0 Å². The molecule has 0 saturated heterocycles. The molecule has 45 heavy (non-hydrogen) atoms. The average molecular weight is 625 g/mol. The predicted octanol–water partition coefficient (Wildman–Crippen LogP) is 6.46. The molecule has 0 spiro atoms. The topological polar surface area (TPSA) is 157 Å². The van der Waals surface area contributed by atoms with E-state index in [4.69, 9.17) is 4.74 Å². The zero-order valence-corrected chi connectivity index (χ0v) is 25.6. The first-order valence-corrected chi connectivity index (χ1v) is 14.6. The summed E-state index contributed by atoms with van der Waals surface area (Å²) in [5, 5.41) is 9.86. The molecule has 0 radical (unpaired) electrons. The van der Waals surface area contributed by atoms with E-state index in [2.05, 4.69) is 26.0 Å². The van der Waals surface area contributed by atoms with Gasteiger partial charge < -0.3 is 20.8 Å². The van der Waals surface area contributed by atoms with E-state index in [0.717, 1.165) is 22.0 Å². The molecule has 0 saturated carbocycles. The van der Waals surface area contributed by atoms with Gasteiger partial charge in [0.05, 0.1) is 11.4 Å². The maximum absolute atomic E-state index is 13.1. The Hall–Kier alpha value is -5.59. The Kier molecular flexibility index (Phi) is 10.2. The number of anilines is 4. The summed E-state index contributed by atoms with van der Waals surface area (Å²) in [6, 6.07) is 25.9. The molecule has 12 heteroatoms. The molecule has 230 valence electrons. The Morgan fingerprint density at radius 2 is 1.51 bits per heavy atom. The molecule has 0 fully saturated rings.